The molecular formula is C9H7F2NO3. The van der Waals surface area contributed by atoms with Gasteiger partial charge < -0.3 is 4.74 Å². The van der Waals surface area contributed by atoms with Crippen molar-refractivity contribution in [3.05, 3.63) is 45.6 Å². The van der Waals surface area contributed by atoms with Crippen molar-refractivity contribution >= 4 is 6.08 Å². The largest absolute Gasteiger partial charge is 0.496 e. The molecule has 0 atom stereocenters. The molecule has 0 heterocycles. The molecule has 0 bridgehead atoms. The van der Waals surface area contributed by atoms with Gasteiger partial charge in [0.05, 0.1) is 12.0 Å². The zero-order chi connectivity index (χ0) is 11.4. The highest BCUT2D eigenvalue weighted by atomic mass is 19.2. The average molecular weight is 215 g/mol. The van der Waals surface area contributed by atoms with Gasteiger partial charge in [-0.3, -0.25) is 10.1 Å². The normalized spacial score (nSPS) is 10.6. The zero-order valence-electron chi connectivity index (χ0n) is 7.74. The van der Waals surface area contributed by atoms with Crippen LogP contribution in [0.2, 0.25) is 0 Å². The molecule has 0 fully saturated rings. The lowest BCUT2D eigenvalue weighted by Gasteiger charge is -2.04. The predicted octanol–water partition coefficient (Wildman–Crippen LogP) is 2.22. The van der Waals surface area contributed by atoms with Crippen molar-refractivity contribution in [1.29, 1.82) is 0 Å². The number of hydrogen-bond acceptors (Lipinski definition) is 3. The van der Waals surface area contributed by atoms with Crippen molar-refractivity contribution in [3.8, 4) is 5.75 Å². The first-order valence-electron chi connectivity index (χ1n) is 3.89. The Morgan fingerprint density at radius 3 is 2.53 bits per heavy atom. The van der Waals surface area contributed by atoms with E-state index in [1.165, 1.54) is 7.11 Å². The van der Waals surface area contributed by atoms with Gasteiger partial charge in [-0.2, -0.15) is 0 Å². The lowest BCUT2D eigenvalue weighted by molar-refractivity contribution is -0.400. The van der Waals surface area contributed by atoms with Crippen LogP contribution in [0.15, 0.2) is 18.3 Å². The molecule has 0 aliphatic heterocycles. The Hall–Kier alpha value is -1.98. The Bertz CT molecular complexity index is 418. The molecule has 0 saturated carbocycles. The SMILES string of the molecule is COc1cc(F)c(F)cc1/C=C/[N+](=O)[O-]. The molecule has 0 spiro atoms. The van der Waals surface area contributed by atoms with Crippen molar-refractivity contribution in [2.75, 3.05) is 7.11 Å². The molecule has 80 valence electrons. The molecule has 6 heteroatoms. The Balaban J connectivity index is 3.16. The van der Waals surface area contributed by atoms with Crippen molar-refractivity contribution in [1.82, 2.24) is 0 Å². The molecule has 0 aliphatic rings. The number of nitro groups is 1. The second-order valence-corrected chi connectivity index (χ2v) is 2.61. The maximum atomic E-state index is 12.8. The van der Waals surface area contributed by atoms with Crippen molar-refractivity contribution < 1.29 is 18.4 Å². The van der Waals surface area contributed by atoms with E-state index in [4.69, 9.17) is 4.74 Å². The van der Waals surface area contributed by atoms with Gasteiger partial charge in [0.1, 0.15) is 5.75 Å². The second kappa shape index (κ2) is 4.50. The van der Waals surface area contributed by atoms with Crippen LogP contribution >= 0.6 is 0 Å². The molecule has 4 nitrogen and oxygen atoms in total. The van der Waals surface area contributed by atoms with Crippen LogP contribution in [0, 0.1) is 21.7 Å². The van der Waals surface area contributed by atoms with Gasteiger partial charge in [-0.05, 0) is 6.07 Å². The fourth-order valence-corrected chi connectivity index (χ4v) is 0.992. The van der Waals surface area contributed by atoms with Gasteiger partial charge >= 0.3 is 0 Å². The predicted molar refractivity (Wildman–Crippen MR) is 48.9 cm³/mol. The van der Waals surface area contributed by atoms with Gasteiger partial charge in [0.15, 0.2) is 11.6 Å². The van der Waals surface area contributed by atoms with Gasteiger partial charge in [0.2, 0.25) is 6.20 Å². The summed E-state index contributed by atoms with van der Waals surface area (Å²) >= 11 is 0. The Morgan fingerprint density at radius 1 is 1.40 bits per heavy atom. The standard InChI is InChI=1S/C9H7F2NO3/c1-15-9-5-8(11)7(10)4-6(9)2-3-12(13)14/h2-5H,1H3/b3-2+. The number of hydrogen-bond donors (Lipinski definition) is 0. The minimum Gasteiger partial charge on any atom is -0.496 e. The summed E-state index contributed by atoms with van der Waals surface area (Å²) in [6, 6.07) is 1.66. The van der Waals surface area contributed by atoms with E-state index in [1.54, 1.807) is 0 Å². The molecule has 1 aromatic rings. The van der Waals surface area contributed by atoms with Gasteiger partial charge in [-0.25, -0.2) is 8.78 Å². The number of benzene rings is 1. The molecule has 1 aromatic carbocycles. The van der Waals surface area contributed by atoms with E-state index < -0.39 is 16.6 Å². The lowest BCUT2D eigenvalue weighted by Crippen LogP contribution is -1.93. The third-order valence-corrected chi connectivity index (χ3v) is 1.65. The molecule has 0 radical (unpaired) electrons. The molecule has 1 rings (SSSR count). The van der Waals surface area contributed by atoms with Crippen LogP contribution in [-0.4, -0.2) is 12.0 Å². The highest BCUT2D eigenvalue weighted by Crippen LogP contribution is 2.23. The highest BCUT2D eigenvalue weighted by Gasteiger charge is 2.08. The summed E-state index contributed by atoms with van der Waals surface area (Å²) in [7, 11) is 1.26. The zero-order valence-corrected chi connectivity index (χ0v) is 7.74. The number of nitrogens with zero attached hydrogens (tertiary/aromatic N) is 1. The summed E-state index contributed by atoms with van der Waals surface area (Å²) in [5.74, 6) is -2.11. The van der Waals surface area contributed by atoms with Crippen LogP contribution in [0.1, 0.15) is 5.56 Å². The molecule has 0 aromatic heterocycles. The minimum atomic E-state index is -1.08. The average Bonchev–Trinajstić information content (AvgIpc) is 2.19. The van der Waals surface area contributed by atoms with Crippen LogP contribution in [0.4, 0.5) is 8.78 Å². The molecule has 0 saturated heterocycles. The van der Waals surface area contributed by atoms with Crippen LogP contribution in [-0.2, 0) is 0 Å². The molecule has 0 N–H and O–H groups in total. The van der Waals surface area contributed by atoms with Crippen LogP contribution in [0.25, 0.3) is 6.08 Å². The van der Waals surface area contributed by atoms with E-state index in [0.717, 1.165) is 18.2 Å². The monoisotopic (exact) mass is 215 g/mol. The summed E-state index contributed by atoms with van der Waals surface area (Å²) in [5.41, 5.74) is 0.105. The van der Waals surface area contributed by atoms with Gasteiger partial charge in [0, 0.05) is 17.7 Å². The first-order valence-corrected chi connectivity index (χ1v) is 3.89. The topological polar surface area (TPSA) is 52.4 Å². The van der Waals surface area contributed by atoms with E-state index in [-0.39, 0.29) is 11.3 Å². The fourth-order valence-electron chi connectivity index (χ4n) is 0.992. The minimum absolute atomic E-state index is 0.0343. The van der Waals surface area contributed by atoms with Crippen LogP contribution in [0.5, 0.6) is 5.75 Å². The van der Waals surface area contributed by atoms with Gasteiger partial charge in [-0.1, -0.05) is 0 Å². The first-order chi connectivity index (χ1) is 7.04. The van der Waals surface area contributed by atoms with Gasteiger partial charge in [-0.15, -0.1) is 0 Å². The summed E-state index contributed by atoms with van der Waals surface area (Å²) in [6.07, 6.45) is 1.65. The van der Waals surface area contributed by atoms with E-state index in [1.807, 2.05) is 0 Å². The third-order valence-electron chi connectivity index (χ3n) is 1.65. The third kappa shape index (κ3) is 2.73. The molecule has 0 unspecified atom stereocenters. The Morgan fingerprint density at radius 2 is 2.00 bits per heavy atom. The number of rotatable bonds is 3. The summed E-state index contributed by atoms with van der Waals surface area (Å²) in [4.78, 5) is 9.33. The van der Waals surface area contributed by atoms with Gasteiger partial charge in [0.25, 0.3) is 0 Å². The van der Waals surface area contributed by atoms with Crippen molar-refractivity contribution in [2.45, 2.75) is 0 Å². The van der Waals surface area contributed by atoms with E-state index >= 15 is 0 Å². The Labute approximate surface area is 83.9 Å². The molecular weight excluding hydrogens is 208 g/mol. The number of ether oxygens (including phenoxy) is 1. The van der Waals surface area contributed by atoms with E-state index in [2.05, 4.69) is 0 Å². The fraction of sp³-hybridized carbons (Fsp3) is 0.111. The van der Waals surface area contributed by atoms with E-state index in [9.17, 15) is 18.9 Å². The lowest BCUT2D eigenvalue weighted by atomic mass is 10.2. The maximum absolute atomic E-state index is 12.8. The summed E-state index contributed by atoms with van der Waals surface area (Å²) in [5, 5.41) is 10.0. The number of halogens is 2. The smallest absolute Gasteiger partial charge is 0.235 e. The van der Waals surface area contributed by atoms with Crippen molar-refractivity contribution in [3.63, 3.8) is 0 Å². The molecule has 0 aliphatic carbocycles. The Kier molecular flexibility index (Phi) is 3.33. The quantitative estimate of drug-likeness (QED) is 0.573. The summed E-state index contributed by atoms with van der Waals surface area (Å²) < 4.78 is 30.3. The summed E-state index contributed by atoms with van der Waals surface area (Å²) in [6.45, 7) is 0. The maximum Gasteiger partial charge on any atom is 0.235 e. The molecule has 0 amide bonds. The van der Waals surface area contributed by atoms with E-state index in [0.29, 0.717) is 6.20 Å². The van der Waals surface area contributed by atoms with Crippen LogP contribution in [0.3, 0.4) is 0 Å². The van der Waals surface area contributed by atoms with Crippen molar-refractivity contribution in [2.24, 2.45) is 0 Å². The number of methoxy groups -OCH3 is 1. The molecule has 15 heavy (non-hydrogen) atoms. The first kappa shape index (κ1) is 11.1. The highest BCUT2D eigenvalue weighted by molar-refractivity contribution is 5.56. The van der Waals surface area contributed by atoms with Crippen LogP contribution < -0.4 is 4.74 Å². The second-order valence-electron chi connectivity index (χ2n) is 2.61.